The molecule has 2 aromatic carbocycles. The van der Waals surface area contributed by atoms with Gasteiger partial charge in [0.15, 0.2) is 11.5 Å². The number of hydrogen-bond donors (Lipinski definition) is 1. The van der Waals surface area contributed by atoms with Crippen molar-refractivity contribution in [1.29, 1.82) is 0 Å². The Bertz CT molecular complexity index is 1310. The first-order valence-electron chi connectivity index (χ1n) is 11.0. The molecule has 0 saturated heterocycles. The zero-order valence-corrected chi connectivity index (χ0v) is 21.1. The Morgan fingerprint density at radius 1 is 1.21 bits per heavy atom. The summed E-state index contributed by atoms with van der Waals surface area (Å²) in [5, 5.41) is 9.05. The molecule has 0 unspecified atom stereocenters. The Morgan fingerprint density at radius 2 is 1.91 bits per heavy atom. The first-order chi connectivity index (χ1) is 15.7. The van der Waals surface area contributed by atoms with Gasteiger partial charge in [-0.25, -0.2) is 8.42 Å². The van der Waals surface area contributed by atoms with Gasteiger partial charge < -0.3 is 14.6 Å². The maximum Gasteiger partial charge on any atom is 0.318 e. The third-order valence-electron chi connectivity index (χ3n) is 6.07. The van der Waals surface area contributed by atoms with Crippen molar-refractivity contribution in [1.82, 2.24) is 4.31 Å². The van der Waals surface area contributed by atoms with Crippen LogP contribution in [-0.4, -0.2) is 61.4 Å². The Hall–Kier alpha value is -2.91. The Labute approximate surface area is 200 Å². The second kappa shape index (κ2) is 8.09. The van der Waals surface area contributed by atoms with Crippen LogP contribution in [0.25, 0.3) is 0 Å². The molecule has 2 aliphatic rings. The number of sulfonamides is 1. The van der Waals surface area contributed by atoms with Crippen LogP contribution in [0, 0.1) is 0 Å². The van der Waals surface area contributed by atoms with Gasteiger partial charge in [0.25, 0.3) is 0 Å². The second-order valence-electron chi connectivity index (χ2n) is 10.1. The molecule has 0 bridgehead atoms. The topological polar surface area (TPSA) is 106 Å². The molecule has 0 amide bonds. The summed E-state index contributed by atoms with van der Waals surface area (Å²) in [6, 6.07) is 8.52. The predicted octanol–water partition coefficient (Wildman–Crippen LogP) is 3.29. The van der Waals surface area contributed by atoms with Crippen LogP contribution < -0.4 is 9.47 Å². The van der Waals surface area contributed by atoms with Crippen LogP contribution in [0.1, 0.15) is 49.9 Å². The summed E-state index contributed by atoms with van der Waals surface area (Å²) in [7, 11) is -1.11. The van der Waals surface area contributed by atoms with E-state index in [2.05, 4.69) is 0 Å². The maximum atomic E-state index is 13.0. The number of ether oxygens (including phenoxy) is 2. The number of carbonyl (C=O) groups is 1. The lowest BCUT2D eigenvalue weighted by Crippen LogP contribution is -2.32. The molecule has 0 spiro atoms. The lowest BCUT2D eigenvalue weighted by molar-refractivity contribution is -0.137. The molecule has 0 saturated carbocycles. The van der Waals surface area contributed by atoms with Gasteiger partial charge >= 0.3 is 5.97 Å². The number of hydrogen-bond acceptors (Lipinski definition) is 6. The van der Waals surface area contributed by atoms with Crippen LogP contribution in [0.5, 0.6) is 11.5 Å². The highest BCUT2D eigenvalue weighted by Crippen LogP contribution is 2.47. The molecule has 8 nitrogen and oxygen atoms in total. The van der Waals surface area contributed by atoms with Gasteiger partial charge in [-0.05, 0) is 57.9 Å². The number of fused-ring (bicyclic) bond motifs is 3. The minimum atomic E-state index is -3.99. The molecule has 0 aromatic heterocycles. The van der Waals surface area contributed by atoms with Gasteiger partial charge in [0.2, 0.25) is 10.0 Å². The second-order valence-corrected chi connectivity index (χ2v) is 12.1. The number of benzene rings is 2. The number of carboxylic acids is 1. The van der Waals surface area contributed by atoms with Crippen molar-refractivity contribution < 1.29 is 27.8 Å². The van der Waals surface area contributed by atoms with Crippen LogP contribution in [0.3, 0.4) is 0 Å². The number of aliphatic carboxylic acids is 1. The number of likely N-dealkylation sites (N-methyl/N-ethyl adjacent to an activating group) is 1. The van der Waals surface area contributed by atoms with Gasteiger partial charge in [0.1, 0.15) is 12.1 Å². The average molecular weight is 487 g/mol. The van der Waals surface area contributed by atoms with Crippen LogP contribution in [-0.2, 0) is 27.7 Å². The lowest BCUT2D eigenvalue weighted by atomic mass is 9.81. The van der Waals surface area contributed by atoms with E-state index >= 15 is 0 Å². The summed E-state index contributed by atoms with van der Waals surface area (Å²) in [5.41, 5.74) is 3.56. The largest absolute Gasteiger partial charge is 0.493 e. The molecule has 9 heteroatoms. The summed E-state index contributed by atoms with van der Waals surface area (Å²) >= 11 is 0. The number of aliphatic imine (C=N–C) groups is 1. The van der Waals surface area contributed by atoms with Crippen LogP contribution in [0.2, 0.25) is 0 Å². The van der Waals surface area contributed by atoms with Crippen LogP contribution >= 0.6 is 0 Å². The van der Waals surface area contributed by atoms with Crippen molar-refractivity contribution >= 4 is 21.7 Å². The van der Waals surface area contributed by atoms with Crippen LogP contribution in [0.15, 0.2) is 40.2 Å². The minimum absolute atomic E-state index is 0.0168. The summed E-state index contributed by atoms with van der Waals surface area (Å²) < 4.78 is 38.7. The average Bonchev–Trinajstić information content (AvgIpc) is 3.06. The molecule has 0 fully saturated rings. The molecule has 0 atom stereocenters. The molecule has 1 N–H and O–H groups in total. The smallest absolute Gasteiger partial charge is 0.318 e. The minimum Gasteiger partial charge on any atom is -0.493 e. The fourth-order valence-corrected chi connectivity index (χ4v) is 5.86. The zero-order valence-electron chi connectivity index (χ0n) is 20.3. The van der Waals surface area contributed by atoms with Gasteiger partial charge in [-0.1, -0.05) is 12.1 Å². The SMILES string of the molecule is COc1cc2c(c3c1OC(C)(C)C3)C(c1cccc(S(=O)(=O)N(C)CC(=O)O)c1)=NC(C)(C)C2. The molecular formula is C25H30N2O6S. The van der Waals surface area contributed by atoms with E-state index < -0.39 is 33.7 Å². The first-order valence-corrected chi connectivity index (χ1v) is 12.5. The normalized spacial score (nSPS) is 18.0. The zero-order chi connectivity index (χ0) is 25.1. The van der Waals surface area contributed by atoms with Crippen molar-refractivity contribution in [3.05, 3.63) is 52.6 Å². The molecule has 2 heterocycles. The Kier molecular flexibility index (Phi) is 5.77. The van der Waals surface area contributed by atoms with Crippen molar-refractivity contribution in [2.75, 3.05) is 20.7 Å². The van der Waals surface area contributed by atoms with E-state index in [1.165, 1.54) is 13.1 Å². The van der Waals surface area contributed by atoms with E-state index in [0.717, 1.165) is 21.0 Å². The highest BCUT2D eigenvalue weighted by Gasteiger charge is 2.40. The number of nitrogens with zero attached hydrogens (tertiary/aromatic N) is 2. The number of methoxy groups -OCH3 is 1. The van der Waals surface area contributed by atoms with E-state index in [1.54, 1.807) is 19.2 Å². The maximum absolute atomic E-state index is 13.0. The molecule has 4 rings (SSSR count). The van der Waals surface area contributed by atoms with E-state index in [4.69, 9.17) is 19.6 Å². The van der Waals surface area contributed by atoms with Crippen molar-refractivity contribution in [3.8, 4) is 11.5 Å². The van der Waals surface area contributed by atoms with Gasteiger partial charge in [0.05, 0.1) is 23.3 Å². The lowest BCUT2D eigenvalue weighted by Gasteiger charge is -2.31. The summed E-state index contributed by atoms with van der Waals surface area (Å²) in [6.45, 7) is 7.50. The molecule has 34 heavy (non-hydrogen) atoms. The highest BCUT2D eigenvalue weighted by atomic mass is 32.2. The molecule has 2 aliphatic heterocycles. The van der Waals surface area contributed by atoms with Gasteiger partial charge in [-0.3, -0.25) is 9.79 Å². The highest BCUT2D eigenvalue weighted by molar-refractivity contribution is 7.89. The summed E-state index contributed by atoms with van der Waals surface area (Å²) in [4.78, 5) is 16.1. The van der Waals surface area contributed by atoms with Crippen molar-refractivity contribution in [2.45, 2.75) is 56.6 Å². The predicted molar refractivity (Wildman–Crippen MR) is 129 cm³/mol. The number of carboxylic acid groups (broad SMARTS) is 1. The Morgan fingerprint density at radius 3 is 2.56 bits per heavy atom. The summed E-state index contributed by atoms with van der Waals surface area (Å²) in [6.07, 6.45) is 1.37. The van der Waals surface area contributed by atoms with Crippen molar-refractivity contribution in [3.63, 3.8) is 0 Å². The first kappa shape index (κ1) is 24.2. The molecule has 0 radical (unpaired) electrons. The fourth-order valence-electron chi connectivity index (χ4n) is 4.69. The molecule has 182 valence electrons. The van der Waals surface area contributed by atoms with E-state index in [-0.39, 0.29) is 4.90 Å². The molecule has 2 aromatic rings. The third-order valence-corrected chi connectivity index (χ3v) is 7.87. The molecular weight excluding hydrogens is 456 g/mol. The fraction of sp³-hybridized carbons (Fsp3) is 0.440. The van der Waals surface area contributed by atoms with E-state index in [9.17, 15) is 13.2 Å². The van der Waals surface area contributed by atoms with E-state index in [0.29, 0.717) is 35.6 Å². The van der Waals surface area contributed by atoms with E-state index in [1.807, 2.05) is 39.8 Å². The standard InChI is InChI=1S/C25H30N2O6S/c1-24(2)12-16-11-19(32-6)23-18(13-25(3,4)33-23)21(16)22(26-24)15-8-7-9-17(10-15)34(30,31)27(5)14-20(28)29/h7-11H,12-14H2,1-6H3,(H,28,29). The third kappa shape index (κ3) is 4.30. The Balaban J connectivity index is 1.89. The molecule has 0 aliphatic carbocycles. The van der Waals surface area contributed by atoms with Crippen molar-refractivity contribution in [2.24, 2.45) is 4.99 Å². The quantitative estimate of drug-likeness (QED) is 0.672. The monoisotopic (exact) mass is 486 g/mol. The summed E-state index contributed by atoms with van der Waals surface area (Å²) in [5.74, 6) is 0.160. The van der Waals surface area contributed by atoms with Gasteiger partial charge in [-0.15, -0.1) is 0 Å². The number of rotatable bonds is 6. The van der Waals surface area contributed by atoms with Crippen LogP contribution in [0.4, 0.5) is 0 Å². The van der Waals surface area contributed by atoms with Gasteiger partial charge in [-0.2, -0.15) is 4.31 Å². The van der Waals surface area contributed by atoms with Gasteiger partial charge in [0, 0.05) is 30.2 Å².